The summed E-state index contributed by atoms with van der Waals surface area (Å²) in [5.74, 6) is -0.522. The van der Waals surface area contributed by atoms with E-state index in [-0.39, 0.29) is 6.61 Å². The zero-order chi connectivity index (χ0) is 24.3. The molecule has 8 heteroatoms. The number of hydrogen-bond acceptors (Lipinski definition) is 3. The maximum absolute atomic E-state index is 13.6. The molecule has 0 amide bonds. The van der Waals surface area contributed by atoms with Crippen LogP contribution in [0.4, 0.5) is 13.2 Å². The van der Waals surface area contributed by atoms with Gasteiger partial charge in [-0.1, -0.05) is 66.2 Å². The molecule has 0 aromatic heterocycles. The number of para-hydroxylation sites is 1. The zero-order valence-corrected chi connectivity index (χ0v) is 18.9. The molecular weight excluding hydrogens is 467 g/mol. The molecule has 178 valence electrons. The average molecular weight is 490 g/mol. The second-order valence-electron chi connectivity index (χ2n) is 8.19. The molecule has 0 saturated carbocycles. The van der Waals surface area contributed by atoms with Gasteiger partial charge in [-0.25, -0.2) is 0 Å². The largest absolute Gasteiger partial charge is 0.489 e. The van der Waals surface area contributed by atoms with Crippen LogP contribution in [0.1, 0.15) is 41.1 Å². The predicted octanol–water partition coefficient (Wildman–Crippen LogP) is 6.58. The minimum absolute atomic E-state index is 0.265. The first-order valence-electron chi connectivity index (χ1n) is 10.9. The second kappa shape index (κ2) is 10.1. The normalized spacial score (nSPS) is 17.5. The van der Waals surface area contributed by atoms with E-state index < -0.39 is 34.8 Å². The molecule has 1 aliphatic rings. The molecule has 4 nitrogen and oxygen atoms in total. The Morgan fingerprint density at radius 2 is 1.79 bits per heavy atom. The number of likely N-dealkylation sites (tertiary alicyclic amines) is 1. The van der Waals surface area contributed by atoms with Crippen molar-refractivity contribution in [2.45, 2.75) is 37.7 Å². The Balaban J connectivity index is 1.80. The summed E-state index contributed by atoms with van der Waals surface area (Å²) in [5, 5.41) is 9.40. The van der Waals surface area contributed by atoms with Gasteiger partial charge in [0.1, 0.15) is 18.4 Å². The Hall–Kier alpha value is -3.03. The average Bonchev–Trinajstić information content (AvgIpc) is 3.29. The molecule has 2 unspecified atom stereocenters. The Morgan fingerprint density at radius 1 is 1.09 bits per heavy atom. The molecule has 0 bridgehead atoms. The third kappa shape index (κ3) is 5.21. The van der Waals surface area contributed by atoms with Crippen LogP contribution in [0.15, 0.2) is 72.8 Å². The van der Waals surface area contributed by atoms with Gasteiger partial charge in [0.25, 0.3) is 0 Å². The van der Waals surface area contributed by atoms with E-state index in [1.807, 2.05) is 30.3 Å². The van der Waals surface area contributed by atoms with Crippen molar-refractivity contribution < 1.29 is 27.8 Å². The maximum atomic E-state index is 13.6. The van der Waals surface area contributed by atoms with Gasteiger partial charge in [0.05, 0.1) is 16.6 Å². The van der Waals surface area contributed by atoms with E-state index in [1.54, 1.807) is 29.2 Å². The number of rotatable bonds is 7. The van der Waals surface area contributed by atoms with E-state index in [4.69, 9.17) is 16.3 Å². The van der Waals surface area contributed by atoms with Crippen molar-refractivity contribution in [1.82, 2.24) is 4.90 Å². The van der Waals surface area contributed by atoms with Crippen molar-refractivity contribution in [2.24, 2.45) is 0 Å². The Labute approximate surface area is 200 Å². The van der Waals surface area contributed by atoms with Crippen LogP contribution < -0.4 is 4.74 Å². The third-order valence-corrected chi connectivity index (χ3v) is 6.30. The number of benzene rings is 3. The van der Waals surface area contributed by atoms with Gasteiger partial charge in [-0.3, -0.25) is 9.69 Å². The SMILES string of the molecule is O=C(O)C1CCCN1C(c1ccc(Cl)c(C(F)(F)F)c1)c1ccccc1OCc1ccccc1. The number of carboxylic acids is 1. The van der Waals surface area contributed by atoms with Gasteiger partial charge in [-0.05, 0) is 42.2 Å². The second-order valence-corrected chi connectivity index (χ2v) is 8.59. The van der Waals surface area contributed by atoms with Gasteiger partial charge < -0.3 is 9.84 Å². The summed E-state index contributed by atoms with van der Waals surface area (Å²) in [4.78, 5) is 13.7. The molecular formula is C26H23ClF3NO3. The first kappa shape index (κ1) is 24.1. The number of halogens is 4. The number of carboxylic acid groups (broad SMARTS) is 1. The quantitative estimate of drug-likeness (QED) is 0.407. The molecule has 1 saturated heterocycles. The van der Waals surface area contributed by atoms with Crippen LogP contribution in [0.5, 0.6) is 5.75 Å². The Kier molecular flexibility index (Phi) is 7.14. The summed E-state index contributed by atoms with van der Waals surface area (Å²) in [6.45, 7) is 0.694. The van der Waals surface area contributed by atoms with Crippen LogP contribution in [-0.2, 0) is 17.6 Å². The highest BCUT2D eigenvalue weighted by molar-refractivity contribution is 6.31. The Bertz CT molecular complexity index is 1150. The number of hydrogen-bond donors (Lipinski definition) is 1. The number of nitrogens with zero attached hydrogens (tertiary/aromatic N) is 1. The van der Waals surface area contributed by atoms with Crippen molar-refractivity contribution >= 4 is 17.6 Å². The highest BCUT2D eigenvalue weighted by atomic mass is 35.5. The molecule has 3 aromatic carbocycles. The minimum atomic E-state index is -4.64. The van der Waals surface area contributed by atoms with Crippen LogP contribution in [0, 0.1) is 0 Å². The van der Waals surface area contributed by atoms with E-state index in [9.17, 15) is 23.1 Å². The lowest BCUT2D eigenvalue weighted by Crippen LogP contribution is -2.39. The van der Waals surface area contributed by atoms with Gasteiger partial charge in [-0.2, -0.15) is 13.2 Å². The molecule has 0 radical (unpaired) electrons. The lowest BCUT2D eigenvalue weighted by Gasteiger charge is -2.33. The fraction of sp³-hybridized carbons (Fsp3) is 0.269. The summed E-state index contributed by atoms with van der Waals surface area (Å²) in [7, 11) is 0. The van der Waals surface area contributed by atoms with Crippen molar-refractivity contribution in [1.29, 1.82) is 0 Å². The summed E-state index contributed by atoms with van der Waals surface area (Å²) in [6.07, 6.45) is -3.60. The van der Waals surface area contributed by atoms with Gasteiger partial charge in [0.15, 0.2) is 0 Å². The molecule has 4 rings (SSSR count). The van der Waals surface area contributed by atoms with E-state index >= 15 is 0 Å². The molecule has 0 aliphatic carbocycles. The molecule has 1 N–H and O–H groups in total. The van der Waals surface area contributed by atoms with Crippen LogP contribution >= 0.6 is 11.6 Å². The standard InChI is InChI=1S/C26H23ClF3NO3/c27-21-13-12-18(15-20(21)26(28,29)30)24(31-14-6-10-22(31)25(32)33)19-9-4-5-11-23(19)34-16-17-7-2-1-3-8-17/h1-5,7-9,11-13,15,22,24H,6,10,14,16H2,(H,32,33). The molecule has 3 aromatic rings. The van der Waals surface area contributed by atoms with Crippen LogP contribution in [-0.4, -0.2) is 28.6 Å². The molecule has 2 atom stereocenters. The fourth-order valence-corrected chi connectivity index (χ4v) is 4.64. The maximum Gasteiger partial charge on any atom is 0.417 e. The predicted molar refractivity (Wildman–Crippen MR) is 123 cm³/mol. The molecule has 1 fully saturated rings. The molecule has 0 spiro atoms. The van der Waals surface area contributed by atoms with Gasteiger partial charge in [0, 0.05) is 12.1 Å². The lowest BCUT2D eigenvalue weighted by atomic mass is 9.94. The first-order chi connectivity index (χ1) is 16.3. The van der Waals surface area contributed by atoms with Gasteiger partial charge >= 0.3 is 12.1 Å². The number of ether oxygens (including phenoxy) is 1. The highest BCUT2D eigenvalue weighted by Gasteiger charge is 2.40. The van der Waals surface area contributed by atoms with Crippen LogP contribution in [0.3, 0.4) is 0 Å². The summed E-state index contributed by atoms with van der Waals surface area (Å²) >= 11 is 5.87. The van der Waals surface area contributed by atoms with E-state index in [0.717, 1.165) is 11.6 Å². The summed E-state index contributed by atoms with van der Waals surface area (Å²) in [5.41, 5.74) is 0.886. The van der Waals surface area contributed by atoms with Crippen molar-refractivity contribution in [3.63, 3.8) is 0 Å². The van der Waals surface area contributed by atoms with Gasteiger partial charge in [0.2, 0.25) is 0 Å². The number of carbonyl (C=O) groups is 1. The third-order valence-electron chi connectivity index (χ3n) is 5.97. The monoisotopic (exact) mass is 489 g/mol. The summed E-state index contributed by atoms with van der Waals surface area (Å²) < 4.78 is 47.0. The van der Waals surface area contributed by atoms with E-state index in [2.05, 4.69) is 0 Å². The summed E-state index contributed by atoms with van der Waals surface area (Å²) in [6, 6.07) is 18.7. The minimum Gasteiger partial charge on any atom is -0.489 e. The van der Waals surface area contributed by atoms with Crippen LogP contribution in [0.25, 0.3) is 0 Å². The topological polar surface area (TPSA) is 49.8 Å². The number of alkyl halides is 3. The zero-order valence-electron chi connectivity index (χ0n) is 18.1. The first-order valence-corrected chi connectivity index (χ1v) is 11.2. The Morgan fingerprint density at radius 3 is 2.50 bits per heavy atom. The molecule has 34 heavy (non-hydrogen) atoms. The molecule has 1 aliphatic heterocycles. The van der Waals surface area contributed by atoms with Gasteiger partial charge in [-0.15, -0.1) is 0 Å². The van der Waals surface area contributed by atoms with Crippen molar-refractivity contribution in [2.75, 3.05) is 6.54 Å². The van der Waals surface area contributed by atoms with Crippen molar-refractivity contribution in [3.05, 3.63) is 100 Å². The van der Waals surface area contributed by atoms with E-state index in [0.29, 0.717) is 36.3 Å². The molecule has 1 heterocycles. The lowest BCUT2D eigenvalue weighted by molar-refractivity contribution is -0.143. The fourth-order valence-electron chi connectivity index (χ4n) is 4.42. The van der Waals surface area contributed by atoms with Crippen molar-refractivity contribution in [3.8, 4) is 5.75 Å². The highest BCUT2D eigenvalue weighted by Crippen LogP contribution is 2.42. The van der Waals surface area contributed by atoms with E-state index in [1.165, 1.54) is 12.1 Å². The number of aliphatic carboxylic acids is 1. The smallest absolute Gasteiger partial charge is 0.417 e. The van der Waals surface area contributed by atoms with Crippen LogP contribution in [0.2, 0.25) is 5.02 Å².